The predicted molar refractivity (Wildman–Crippen MR) is 118 cm³/mol. The maximum absolute atomic E-state index is 13.5. The fourth-order valence-corrected chi connectivity index (χ4v) is 4.88. The van der Waals surface area contributed by atoms with Crippen LogP contribution in [-0.4, -0.2) is 36.2 Å². The second-order valence-electron chi connectivity index (χ2n) is 8.45. The second-order valence-corrected chi connectivity index (χ2v) is 9.30. The summed E-state index contributed by atoms with van der Waals surface area (Å²) in [5, 5.41) is 16.2. The summed E-state index contributed by atoms with van der Waals surface area (Å²) in [6, 6.07) is 10.3. The molecule has 0 heterocycles. The molecule has 0 radical (unpaired) electrons. The predicted octanol–water partition coefficient (Wildman–Crippen LogP) is 3.65. The van der Waals surface area contributed by atoms with Crippen LogP contribution in [0.4, 0.5) is 4.39 Å². The normalized spacial score (nSPS) is 24.4. The van der Waals surface area contributed by atoms with Crippen molar-refractivity contribution >= 4 is 35.0 Å². The van der Waals surface area contributed by atoms with Crippen molar-refractivity contribution in [3.63, 3.8) is 0 Å². The fourth-order valence-electron chi connectivity index (χ4n) is 4.63. The average molecular weight is 481 g/mol. The number of halogens is 3. The van der Waals surface area contributed by atoms with Crippen molar-refractivity contribution in [3.05, 3.63) is 63.9 Å². The number of fused-ring (bicyclic) bond motifs is 1. The van der Waals surface area contributed by atoms with Crippen molar-refractivity contribution in [1.82, 2.24) is 10.6 Å². The Hall–Kier alpha value is -2.35. The number of nitrogens with one attached hydrogen (secondary N) is 2. The highest BCUT2D eigenvalue weighted by Gasteiger charge is 2.60. The van der Waals surface area contributed by atoms with Crippen LogP contribution in [0.2, 0.25) is 10.0 Å². The van der Waals surface area contributed by atoms with Crippen LogP contribution in [0.5, 0.6) is 5.75 Å². The number of aliphatic hydroxyl groups is 1. The lowest BCUT2D eigenvalue weighted by atomic mass is 9.69. The Balaban J connectivity index is 1.29. The summed E-state index contributed by atoms with van der Waals surface area (Å²) in [5.74, 6) is -0.629. The third kappa shape index (κ3) is 4.70. The first-order valence-corrected chi connectivity index (χ1v) is 11.1. The van der Waals surface area contributed by atoms with E-state index in [1.807, 2.05) is 0 Å². The van der Waals surface area contributed by atoms with Crippen molar-refractivity contribution in [2.75, 3.05) is 13.2 Å². The highest BCUT2D eigenvalue weighted by atomic mass is 35.5. The molecule has 170 valence electrons. The van der Waals surface area contributed by atoms with Crippen LogP contribution in [0.25, 0.3) is 0 Å². The van der Waals surface area contributed by atoms with Gasteiger partial charge in [-0.15, -0.1) is 0 Å². The van der Waals surface area contributed by atoms with E-state index in [0.29, 0.717) is 24.3 Å². The monoisotopic (exact) mass is 480 g/mol. The van der Waals surface area contributed by atoms with Gasteiger partial charge in [-0.1, -0.05) is 35.3 Å². The summed E-state index contributed by atoms with van der Waals surface area (Å²) < 4.78 is 18.8. The van der Waals surface area contributed by atoms with Crippen molar-refractivity contribution in [2.45, 2.75) is 31.3 Å². The minimum absolute atomic E-state index is 0.0180. The van der Waals surface area contributed by atoms with Gasteiger partial charge in [0.15, 0.2) is 6.61 Å². The first-order chi connectivity index (χ1) is 15.3. The number of amides is 2. The molecule has 9 heteroatoms. The molecule has 3 saturated carbocycles. The Bertz CT molecular complexity index is 1010. The molecule has 0 aromatic heterocycles. The Labute approximate surface area is 195 Å². The second kappa shape index (κ2) is 9.25. The summed E-state index contributed by atoms with van der Waals surface area (Å²) in [6.45, 7) is -0.484. The molecule has 3 fully saturated rings. The number of hydrogen-bond donors (Lipinski definition) is 3. The Morgan fingerprint density at radius 2 is 1.88 bits per heavy atom. The molecule has 6 nitrogen and oxygen atoms in total. The Morgan fingerprint density at radius 3 is 2.53 bits per heavy atom. The van der Waals surface area contributed by atoms with Gasteiger partial charge in [-0.3, -0.25) is 9.59 Å². The minimum Gasteiger partial charge on any atom is -0.484 e. The molecule has 32 heavy (non-hydrogen) atoms. The summed E-state index contributed by atoms with van der Waals surface area (Å²) >= 11 is 11.5. The molecule has 2 bridgehead atoms. The van der Waals surface area contributed by atoms with Crippen LogP contribution in [0.1, 0.15) is 30.9 Å². The van der Waals surface area contributed by atoms with Gasteiger partial charge < -0.3 is 20.5 Å². The van der Waals surface area contributed by atoms with Crippen molar-refractivity contribution in [3.8, 4) is 5.75 Å². The Morgan fingerprint density at radius 1 is 1.16 bits per heavy atom. The van der Waals surface area contributed by atoms with Crippen molar-refractivity contribution < 1.29 is 23.8 Å². The lowest BCUT2D eigenvalue weighted by Crippen LogP contribution is -2.46. The van der Waals surface area contributed by atoms with Gasteiger partial charge in [-0.2, -0.15) is 0 Å². The van der Waals surface area contributed by atoms with E-state index in [9.17, 15) is 19.1 Å². The van der Waals surface area contributed by atoms with E-state index >= 15 is 0 Å². The largest absolute Gasteiger partial charge is 0.484 e. The molecular weight excluding hydrogens is 458 g/mol. The zero-order valence-corrected chi connectivity index (χ0v) is 18.6. The third-order valence-electron chi connectivity index (χ3n) is 6.33. The van der Waals surface area contributed by atoms with Crippen molar-refractivity contribution in [1.29, 1.82) is 0 Å². The van der Waals surface area contributed by atoms with Crippen molar-refractivity contribution in [2.24, 2.45) is 11.3 Å². The molecule has 3 N–H and O–H groups in total. The number of carbonyl (C=O) groups is 2. The maximum Gasteiger partial charge on any atom is 0.258 e. The van der Waals surface area contributed by atoms with E-state index in [2.05, 4.69) is 10.6 Å². The zero-order chi connectivity index (χ0) is 22.9. The molecule has 0 aliphatic heterocycles. The number of carbonyl (C=O) groups excluding carboxylic acids is 2. The van der Waals surface area contributed by atoms with Gasteiger partial charge in [0.05, 0.1) is 23.1 Å². The van der Waals surface area contributed by atoms with E-state index in [4.69, 9.17) is 27.9 Å². The standard InChI is InChI=1S/C23H23Cl2FN2O4/c24-15-3-1-13(2-4-15)20(11-29)28-22(31)23-8-14(9-23)19(10-23)27-21(30)12-32-16-5-6-17(25)18(26)7-16/h1-7,14,19-20,29H,8-12H2,(H,27,30)(H,28,31). The highest BCUT2D eigenvalue weighted by Crippen LogP contribution is 2.59. The number of rotatable bonds is 8. The minimum atomic E-state index is -0.617. The Kier molecular flexibility index (Phi) is 6.60. The van der Waals surface area contributed by atoms with E-state index in [0.717, 1.165) is 11.6 Å². The molecule has 2 atom stereocenters. The topological polar surface area (TPSA) is 87.7 Å². The summed E-state index contributed by atoms with van der Waals surface area (Å²) in [5.41, 5.74) is 0.235. The molecule has 0 spiro atoms. The smallest absolute Gasteiger partial charge is 0.258 e. The van der Waals surface area contributed by atoms with Gasteiger partial charge in [0.25, 0.3) is 5.91 Å². The third-order valence-corrected chi connectivity index (χ3v) is 6.89. The van der Waals surface area contributed by atoms with Crippen LogP contribution < -0.4 is 15.4 Å². The quantitative estimate of drug-likeness (QED) is 0.538. The van der Waals surface area contributed by atoms with Gasteiger partial charge in [0.2, 0.25) is 5.91 Å². The first kappa shape index (κ1) is 22.8. The first-order valence-electron chi connectivity index (χ1n) is 10.3. The SMILES string of the molecule is O=C(COc1ccc(Cl)c(F)c1)NC1CC2(C(=O)NC(CO)c3ccc(Cl)cc3)CC1C2. The number of benzene rings is 2. The number of hydrogen-bond acceptors (Lipinski definition) is 4. The maximum atomic E-state index is 13.5. The van der Waals surface area contributed by atoms with Gasteiger partial charge in [-0.05, 0) is 55.0 Å². The van der Waals surface area contributed by atoms with Gasteiger partial charge in [-0.25, -0.2) is 4.39 Å². The number of aliphatic hydroxyl groups excluding tert-OH is 1. The number of ether oxygens (including phenoxy) is 1. The molecule has 2 unspecified atom stereocenters. The zero-order valence-electron chi connectivity index (χ0n) is 17.1. The van der Waals surface area contributed by atoms with Crippen LogP contribution in [0, 0.1) is 17.2 Å². The molecule has 3 aliphatic rings. The van der Waals surface area contributed by atoms with Gasteiger partial charge in [0, 0.05) is 17.1 Å². The summed E-state index contributed by atoms with van der Waals surface area (Å²) in [6.07, 6.45) is 1.90. The van der Waals surface area contributed by atoms with Gasteiger partial charge in [0.1, 0.15) is 11.6 Å². The highest BCUT2D eigenvalue weighted by molar-refractivity contribution is 6.30. The fraction of sp³-hybridized carbons (Fsp3) is 0.391. The summed E-state index contributed by atoms with van der Waals surface area (Å²) in [7, 11) is 0. The van der Waals surface area contributed by atoms with E-state index in [-0.39, 0.29) is 47.8 Å². The molecule has 0 saturated heterocycles. The lowest BCUT2D eigenvalue weighted by Gasteiger charge is -2.37. The van der Waals surface area contributed by atoms with Crippen LogP contribution in [0.3, 0.4) is 0 Å². The van der Waals surface area contributed by atoms with E-state index < -0.39 is 17.3 Å². The average Bonchev–Trinajstić information content (AvgIpc) is 3.29. The van der Waals surface area contributed by atoms with E-state index in [1.165, 1.54) is 12.1 Å². The van der Waals surface area contributed by atoms with Crippen LogP contribution >= 0.6 is 23.2 Å². The molecule has 2 aromatic carbocycles. The lowest BCUT2D eigenvalue weighted by molar-refractivity contribution is -0.136. The van der Waals surface area contributed by atoms with Gasteiger partial charge >= 0.3 is 0 Å². The molecule has 5 rings (SSSR count). The molecular formula is C23H23Cl2FN2O4. The van der Waals surface area contributed by atoms with Crippen LogP contribution in [0.15, 0.2) is 42.5 Å². The van der Waals surface area contributed by atoms with E-state index in [1.54, 1.807) is 24.3 Å². The molecule has 2 amide bonds. The molecule has 2 aromatic rings. The van der Waals surface area contributed by atoms with Crippen LogP contribution in [-0.2, 0) is 9.59 Å². The molecule has 3 aliphatic carbocycles. The summed E-state index contributed by atoms with van der Waals surface area (Å²) in [4.78, 5) is 25.3.